The third kappa shape index (κ3) is 2.61. The van der Waals surface area contributed by atoms with Crippen molar-refractivity contribution in [3.63, 3.8) is 0 Å². The van der Waals surface area contributed by atoms with Gasteiger partial charge >= 0.3 is 0 Å². The number of halogens is 1. The maximum atomic E-state index is 13.0. The second-order valence-electron chi connectivity index (χ2n) is 5.73. The van der Waals surface area contributed by atoms with Gasteiger partial charge in [0, 0.05) is 5.56 Å². The Hall–Kier alpha value is -2.36. The van der Waals surface area contributed by atoms with Gasteiger partial charge in [-0.2, -0.15) is 0 Å². The number of carbonyl (C=O) groups excluding carboxylic acids is 1. The molecule has 3 rings (SSSR count). The van der Waals surface area contributed by atoms with Crippen LogP contribution >= 0.6 is 0 Å². The van der Waals surface area contributed by atoms with Gasteiger partial charge in [-0.05, 0) is 50.2 Å². The highest BCUT2D eigenvalue weighted by molar-refractivity contribution is 6.07. The van der Waals surface area contributed by atoms with Crippen LogP contribution < -0.4 is 9.64 Å². The van der Waals surface area contributed by atoms with E-state index in [1.807, 2.05) is 38.1 Å². The molecule has 0 unspecified atom stereocenters. The van der Waals surface area contributed by atoms with Crippen LogP contribution in [0, 0.1) is 5.82 Å². The largest absolute Gasteiger partial charge is 0.484 e. The molecule has 0 aliphatic carbocycles. The number of ether oxygens (including phenoxy) is 1. The first kappa shape index (κ1) is 13.6. The number of rotatable bonds is 1. The fourth-order valence-corrected chi connectivity index (χ4v) is 2.49. The van der Waals surface area contributed by atoms with Crippen LogP contribution in [0.15, 0.2) is 48.5 Å². The predicted octanol–water partition coefficient (Wildman–Crippen LogP) is 3.64. The SMILES string of the molecule is CC1(C)CN(C(=O)c2ccc(F)cc2)c2ccccc2O1. The molecule has 21 heavy (non-hydrogen) atoms. The van der Waals surface area contributed by atoms with Crippen LogP contribution in [-0.2, 0) is 0 Å². The van der Waals surface area contributed by atoms with Crippen LogP contribution in [0.25, 0.3) is 0 Å². The highest BCUT2D eigenvalue weighted by Crippen LogP contribution is 2.37. The first-order chi connectivity index (χ1) is 9.96. The minimum atomic E-state index is -0.468. The monoisotopic (exact) mass is 285 g/mol. The van der Waals surface area contributed by atoms with E-state index in [9.17, 15) is 9.18 Å². The average molecular weight is 285 g/mol. The smallest absolute Gasteiger partial charge is 0.258 e. The second kappa shape index (κ2) is 4.88. The highest BCUT2D eigenvalue weighted by atomic mass is 19.1. The maximum absolute atomic E-state index is 13.0. The summed E-state index contributed by atoms with van der Waals surface area (Å²) >= 11 is 0. The van der Waals surface area contributed by atoms with E-state index in [0.29, 0.717) is 17.9 Å². The molecule has 4 heteroatoms. The van der Waals surface area contributed by atoms with Crippen LogP contribution in [0.5, 0.6) is 5.75 Å². The van der Waals surface area contributed by atoms with Crippen molar-refractivity contribution in [2.75, 3.05) is 11.4 Å². The van der Waals surface area contributed by atoms with Gasteiger partial charge in [0.25, 0.3) is 5.91 Å². The Morgan fingerprint density at radius 1 is 1.14 bits per heavy atom. The summed E-state index contributed by atoms with van der Waals surface area (Å²) in [4.78, 5) is 14.4. The van der Waals surface area contributed by atoms with E-state index < -0.39 is 5.60 Å². The third-order valence-electron chi connectivity index (χ3n) is 3.42. The summed E-state index contributed by atoms with van der Waals surface area (Å²) in [6.45, 7) is 4.32. The molecule has 0 bridgehead atoms. The zero-order valence-electron chi connectivity index (χ0n) is 12.0. The van der Waals surface area contributed by atoms with E-state index in [1.165, 1.54) is 24.3 Å². The van der Waals surface area contributed by atoms with Gasteiger partial charge in [-0.25, -0.2) is 4.39 Å². The number of fused-ring (bicyclic) bond motifs is 1. The van der Waals surface area contributed by atoms with Gasteiger partial charge in [0.1, 0.15) is 17.2 Å². The van der Waals surface area contributed by atoms with Crippen molar-refractivity contribution in [3.05, 3.63) is 59.9 Å². The van der Waals surface area contributed by atoms with Gasteiger partial charge in [-0.1, -0.05) is 12.1 Å². The van der Waals surface area contributed by atoms with E-state index in [2.05, 4.69) is 0 Å². The summed E-state index contributed by atoms with van der Waals surface area (Å²) < 4.78 is 18.9. The molecule has 0 spiro atoms. The molecular formula is C17H16FNO2. The van der Waals surface area contributed by atoms with Crippen molar-refractivity contribution >= 4 is 11.6 Å². The van der Waals surface area contributed by atoms with Gasteiger partial charge < -0.3 is 9.64 Å². The lowest BCUT2D eigenvalue weighted by Crippen LogP contribution is -2.49. The lowest BCUT2D eigenvalue weighted by molar-refractivity contribution is 0.0837. The lowest BCUT2D eigenvalue weighted by Gasteiger charge is -2.39. The summed E-state index contributed by atoms with van der Waals surface area (Å²) in [6.07, 6.45) is 0. The predicted molar refractivity (Wildman–Crippen MR) is 79.2 cm³/mol. The molecule has 0 saturated carbocycles. The van der Waals surface area contributed by atoms with E-state index in [0.717, 1.165) is 5.69 Å². The molecule has 2 aromatic rings. The minimum absolute atomic E-state index is 0.154. The van der Waals surface area contributed by atoms with Crippen molar-refractivity contribution in [2.45, 2.75) is 19.4 Å². The molecule has 0 fully saturated rings. The molecule has 2 aromatic carbocycles. The molecular weight excluding hydrogens is 269 g/mol. The normalized spacial score (nSPS) is 16.0. The van der Waals surface area contributed by atoms with Crippen LogP contribution in [0.1, 0.15) is 24.2 Å². The molecule has 0 saturated heterocycles. The molecule has 1 aliphatic rings. The van der Waals surface area contributed by atoms with Crippen molar-refractivity contribution in [1.82, 2.24) is 0 Å². The Morgan fingerprint density at radius 2 is 1.81 bits per heavy atom. The van der Waals surface area contributed by atoms with E-state index >= 15 is 0 Å². The second-order valence-corrected chi connectivity index (χ2v) is 5.73. The number of para-hydroxylation sites is 2. The summed E-state index contributed by atoms with van der Waals surface area (Å²) in [5.41, 5.74) is 0.736. The maximum Gasteiger partial charge on any atom is 0.258 e. The minimum Gasteiger partial charge on any atom is -0.484 e. The molecule has 0 aromatic heterocycles. The molecule has 0 radical (unpaired) electrons. The Balaban J connectivity index is 2.01. The molecule has 1 heterocycles. The highest BCUT2D eigenvalue weighted by Gasteiger charge is 2.34. The topological polar surface area (TPSA) is 29.5 Å². The summed E-state index contributed by atoms with van der Waals surface area (Å²) in [6, 6.07) is 13.0. The first-order valence-electron chi connectivity index (χ1n) is 6.82. The number of hydrogen-bond acceptors (Lipinski definition) is 2. The zero-order valence-corrected chi connectivity index (χ0v) is 12.0. The van der Waals surface area contributed by atoms with Crippen LogP contribution in [-0.4, -0.2) is 18.1 Å². The molecule has 1 aliphatic heterocycles. The number of amides is 1. The first-order valence-corrected chi connectivity index (χ1v) is 6.82. The van der Waals surface area contributed by atoms with Crippen molar-refractivity contribution in [1.29, 1.82) is 0 Å². The third-order valence-corrected chi connectivity index (χ3v) is 3.42. The Bertz CT molecular complexity index is 679. The number of benzene rings is 2. The fraction of sp³-hybridized carbons (Fsp3) is 0.235. The zero-order chi connectivity index (χ0) is 15.0. The van der Waals surface area contributed by atoms with Crippen LogP contribution in [0.2, 0.25) is 0 Å². The van der Waals surface area contributed by atoms with Gasteiger partial charge in [-0.15, -0.1) is 0 Å². The van der Waals surface area contributed by atoms with E-state index in [-0.39, 0.29) is 11.7 Å². The van der Waals surface area contributed by atoms with Crippen molar-refractivity contribution in [3.8, 4) is 5.75 Å². The van der Waals surface area contributed by atoms with Gasteiger partial charge in [0.15, 0.2) is 0 Å². The van der Waals surface area contributed by atoms with Gasteiger partial charge in [0.05, 0.1) is 12.2 Å². The number of anilines is 1. The molecule has 108 valence electrons. The lowest BCUT2D eigenvalue weighted by atomic mass is 10.0. The molecule has 0 N–H and O–H groups in total. The summed E-state index contributed by atoms with van der Waals surface area (Å²) in [5, 5.41) is 0. The quantitative estimate of drug-likeness (QED) is 0.800. The van der Waals surface area contributed by atoms with Gasteiger partial charge in [-0.3, -0.25) is 4.79 Å². The number of nitrogens with zero attached hydrogens (tertiary/aromatic N) is 1. The standard InChI is InChI=1S/C17H16FNO2/c1-17(2)11-19(14-5-3-4-6-15(14)21-17)16(20)12-7-9-13(18)10-8-12/h3-10H,11H2,1-2H3. The number of hydrogen-bond donors (Lipinski definition) is 0. The summed E-state index contributed by atoms with van der Waals surface area (Å²) in [5.74, 6) is 0.178. The van der Waals surface area contributed by atoms with Gasteiger partial charge in [0.2, 0.25) is 0 Å². The fourth-order valence-electron chi connectivity index (χ4n) is 2.49. The van der Waals surface area contributed by atoms with Crippen molar-refractivity contribution < 1.29 is 13.9 Å². The summed E-state index contributed by atoms with van der Waals surface area (Å²) in [7, 11) is 0. The van der Waals surface area contributed by atoms with Crippen LogP contribution in [0.4, 0.5) is 10.1 Å². The Labute approximate surface area is 123 Å². The Morgan fingerprint density at radius 3 is 2.52 bits per heavy atom. The van der Waals surface area contributed by atoms with Crippen molar-refractivity contribution in [2.24, 2.45) is 0 Å². The molecule has 0 atom stereocenters. The number of carbonyl (C=O) groups is 1. The van der Waals surface area contributed by atoms with E-state index in [1.54, 1.807) is 4.90 Å². The van der Waals surface area contributed by atoms with E-state index in [4.69, 9.17) is 4.74 Å². The molecule has 3 nitrogen and oxygen atoms in total. The average Bonchev–Trinajstić information content (AvgIpc) is 2.45. The Kier molecular flexibility index (Phi) is 3.16. The van der Waals surface area contributed by atoms with Crippen LogP contribution in [0.3, 0.4) is 0 Å². The molecule has 1 amide bonds.